The van der Waals surface area contributed by atoms with E-state index < -0.39 is 18.0 Å². The van der Waals surface area contributed by atoms with Crippen LogP contribution in [-0.2, 0) is 9.59 Å². The highest BCUT2D eigenvalue weighted by molar-refractivity contribution is 8.03. The summed E-state index contributed by atoms with van der Waals surface area (Å²) in [7, 11) is 0. The van der Waals surface area contributed by atoms with Gasteiger partial charge in [0.15, 0.2) is 0 Å². The van der Waals surface area contributed by atoms with Crippen LogP contribution in [0.1, 0.15) is 13.3 Å². The first-order chi connectivity index (χ1) is 9.95. The maximum absolute atomic E-state index is 12.1. The van der Waals surface area contributed by atoms with Crippen LogP contribution in [0, 0.1) is 11.8 Å². The van der Waals surface area contributed by atoms with Gasteiger partial charge in [-0.15, -0.1) is 11.8 Å². The van der Waals surface area contributed by atoms with Crippen molar-refractivity contribution in [1.29, 1.82) is 0 Å². The van der Waals surface area contributed by atoms with Crippen molar-refractivity contribution in [1.82, 2.24) is 4.90 Å². The van der Waals surface area contributed by atoms with Gasteiger partial charge in [0.05, 0.1) is 24.7 Å². The van der Waals surface area contributed by atoms with Crippen LogP contribution in [0.3, 0.4) is 0 Å². The van der Waals surface area contributed by atoms with Crippen molar-refractivity contribution < 1.29 is 24.9 Å². The predicted octanol–water partition coefficient (Wildman–Crippen LogP) is -0.805. The van der Waals surface area contributed by atoms with Crippen molar-refractivity contribution in [2.75, 3.05) is 18.9 Å². The van der Waals surface area contributed by atoms with Gasteiger partial charge in [0.1, 0.15) is 5.70 Å². The van der Waals surface area contributed by atoms with Gasteiger partial charge in [-0.05, 0) is 19.9 Å². The Kier molecular flexibility index (Phi) is 4.92. The molecule has 1 saturated heterocycles. The standard InChI is InChI=1S/C13H20N2O5S/c1-6(17)8-9-7(2-3-14)11(21-5-4-16)10(13(19)20)15(9)12(8)18/h6-9,16-17H,2-5,14H2,1H3,(H,19,20)/t6-,7-,8-,9-/m1/s1. The first kappa shape index (κ1) is 16.3. The molecular weight excluding hydrogens is 296 g/mol. The fraction of sp³-hybridized carbons (Fsp3) is 0.692. The Balaban J connectivity index is 2.38. The van der Waals surface area contributed by atoms with Crippen LogP contribution >= 0.6 is 11.8 Å². The van der Waals surface area contributed by atoms with Gasteiger partial charge in [0, 0.05) is 16.6 Å². The number of nitrogens with zero attached hydrogens (tertiary/aromatic N) is 1. The molecule has 0 aromatic heterocycles. The van der Waals surface area contributed by atoms with Crippen molar-refractivity contribution in [2.45, 2.75) is 25.5 Å². The van der Waals surface area contributed by atoms with Crippen molar-refractivity contribution in [3.63, 3.8) is 0 Å². The molecule has 0 unspecified atom stereocenters. The topological polar surface area (TPSA) is 124 Å². The fourth-order valence-corrected chi connectivity index (χ4v) is 4.29. The average molecular weight is 316 g/mol. The molecule has 8 heteroatoms. The maximum atomic E-state index is 12.1. The van der Waals surface area contributed by atoms with E-state index in [0.717, 1.165) is 0 Å². The maximum Gasteiger partial charge on any atom is 0.353 e. The van der Waals surface area contributed by atoms with E-state index in [4.69, 9.17) is 10.8 Å². The number of carbonyl (C=O) groups is 2. The summed E-state index contributed by atoms with van der Waals surface area (Å²) in [5.74, 6) is -1.91. The molecule has 21 heavy (non-hydrogen) atoms. The summed E-state index contributed by atoms with van der Waals surface area (Å²) in [6.45, 7) is 1.83. The second-order valence-electron chi connectivity index (χ2n) is 5.24. The lowest BCUT2D eigenvalue weighted by atomic mass is 9.77. The smallest absolute Gasteiger partial charge is 0.353 e. The molecule has 2 aliphatic rings. The van der Waals surface area contributed by atoms with Crippen LogP contribution in [0.2, 0.25) is 0 Å². The van der Waals surface area contributed by atoms with Gasteiger partial charge in [0.2, 0.25) is 5.91 Å². The van der Waals surface area contributed by atoms with Crippen molar-refractivity contribution >= 4 is 23.6 Å². The number of rotatable bonds is 7. The number of amides is 1. The summed E-state index contributed by atoms with van der Waals surface area (Å²) < 4.78 is 0. The van der Waals surface area contributed by atoms with Gasteiger partial charge < -0.3 is 26.0 Å². The van der Waals surface area contributed by atoms with Gasteiger partial charge in [-0.1, -0.05) is 0 Å². The van der Waals surface area contributed by atoms with Crippen LogP contribution in [0.15, 0.2) is 10.6 Å². The lowest BCUT2D eigenvalue weighted by molar-refractivity contribution is -0.163. The number of carboxylic acids is 1. The van der Waals surface area contributed by atoms with Gasteiger partial charge in [-0.25, -0.2) is 4.79 Å². The number of aliphatic hydroxyl groups excluding tert-OH is 2. The molecule has 0 aliphatic carbocycles. The molecule has 0 aromatic rings. The lowest BCUT2D eigenvalue weighted by Gasteiger charge is -2.47. The minimum absolute atomic E-state index is 0.0150. The normalized spacial score (nSPS) is 29.4. The quantitative estimate of drug-likeness (QED) is 0.453. The Morgan fingerprint density at radius 3 is 2.67 bits per heavy atom. The van der Waals surface area contributed by atoms with Crippen LogP contribution in [0.5, 0.6) is 0 Å². The van der Waals surface area contributed by atoms with Gasteiger partial charge in [-0.2, -0.15) is 0 Å². The zero-order valence-electron chi connectivity index (χ0n) is 11.7. The molecule has 2 aliphatic heterocycles. The van der Waals surface area contributed by atoms with Crippen molar-refractivity contribution in [2.24, 2.45) is 17.6 Å². The molecule has 0 saturated carbocycles. The molecule has 0 bridgehead atoms. The number of carbonyl (C=O) groups excluding carboxylic acids is 1. The second-order valence-corrected chi connectivity index (χ2v) is 6.38. The van der Waals surface area contributed by atoms with E-state index in [1.807, 2.05) is 0 Å². The third kappa shape index (κ3) is 2.57. The van der Waals surface area contributed by atoms with Crippen LogP contribution in [0.4, 0.5) is 0 Å². The first-order valence-electron chi connectivity index (χ1n) is 6.88. The Labute approximate surface area is 126 Å². The van der Waals surface area contributed by atoms with Gasteiger partial charge in [-0.3, -0.25) is 4.79 Å². The Morgan fingerprint density at radius 2 is 2.19 bits per heavy atom. The number of thioether (sulfide) groups is 1. The minimum atomic E-state index is -1.16. The number of β-lactam (4-membered cyclic amide) rings is 1. The molecule has 118 valence electrons. The molecule has 0 radical (unpaired) electrons. The van der Waals surface area contributed by atoms with E-state index in [9.17, 15) is 19.8 Å². The number of aliphatic carboxylic acids is 1. The highest BCUT2D eigenvalue weighted by atomic mass is 32.2. The molecular formula is C13H20N2O5S. The number of nitrogens with two attached hydrogens (primary N) is 1. The summed E-state index contributed by atoms with van der Waals surface area (Å²) in [4.78, 5) is 25.5. The molecule has 5 N–H and O–H groups in total. The number of aliphatic hydroxyl groups is 2. The predicted molar refractivity (Wildman–Crippen MR) is 77.2 cm³/mol. The highest BCUT2D eigenvalue weighted by Gasteiger charge is 2.60. The third-order valence-electron chi connectivity index (χ3n) is 3.96. The summed E-state index contributed by atoms with van der Waals surface area (Å²) >= 11 is 1.25. The fourth-order valence-electron chi connectivity index (χ4n) is 3.18. The molecule has 2 heterocycles. The molecule has 1 fully saturated rings. The Bertz CT molecular complexity index is 479. The third-order valence-corrected chi connectivity index (χ3v) is 5.15. The number of hydrogen-bond acceptors (Lipinski definition) is 6. The summed E-state index contributed by atoms with van der Waals surface area (Å²) in [5.41, 5.74) is 5.60. The van der Waals surface area contributed by atoms with Crippen LogP contribution in [0.25, 0.3) is 0 Å². The van der Waals surface area contributed by atoms with Crippen molar-refractivity contribution in [3.8, 4) is 0 Å². The largest absolute Gasteiger partial charge is 0.477 e. The van der Waals surface area contributed by atoms with Crippen LogP contribution < -0.4 is 5.73 Å². The van der Waals surface area contributed by atoms with E-state index in [-0.39, 0.29) is 30.2 Å². The van der Waals surface area contributed by atoms with Gasteiger partial charge >= 0.3 is 5.97 Å². The number of carboxylic acid groups (broad SMARTS) is 1. The average Bonchev–Trinajstić information content (AvgIpc) is 2.67. The summed E-state index contributed by atoms with van der Waals surface area (Å²) in [6.07, 6.45) is -0.279. The molecule has 0 aromatic carbocycles. The van der Waals surface area contributed by atoms with E-state index in [2.05, 4.69) is 0 Å². The summed E-state index contributed by atoms with van der Waals surface area (Å²) in [5, 5.41) is 28.2. The minimum Gasteiger partial charge on any atom is -0.477 e. The van der Waals surface area contributed by atoms with E-state index in [1.165, 1.54) is 16.7 Å². The number of fused-ring (bicyclic) bond motifs is 1. The Morgan fingerprint density at radius 1 is 1.52 bits per heavy atom. The monoisotopic (exact) mass is 316 g/mol. The first-order valence-corrected chi connectivity index (χ1v) is 7.86. The summed E-state index contributed by atoms with van der Waals surface area (Å²) in [6, 6.07) is -0.339. The van der Waals surface area contributed by atoms with Crippen LogP contribution in [-0.4, -0.2) is 63.1 Å². The van der Waals surface area contributed by atoms with E-state index >= 15 is 0 Å². The van der Waals surface area contributed by atoms with Gasteiger partial charge in [0.25, 0.3) is 0 Å². The molecule has 1 amide bonds. The van der Waals surface area contributed by atoms with E-state index in [1.54, 1.807) is 6.92 Å². The second kappa shape index (κ2) is 6.35. The molecule has 4 atom stereocenters. The molecule has 7 nitrogen and oxygen atoms in total. The Hall–Kier alpha value is -1.09. The molecule has 2 rings (SSSR count). The zero-order chi connectivity index (χ0) is 15.7. The number of hydrogen-bond donors (Lipinski definition) is 4. The van der Waals surface area contributed by atoms with E-state index in [0.29, 0.717) is 23.6 Å². The lowest BCUT2D eigenvalue weighted by Crippen LogP contribution is -2.64. The zero-order valence-corrected chi connectivity index (χ0v) is 12.5. The highest BCUT2D eigenvalue weighted by Crippen LogP contribution is 2.51. The molecule has 0 spiro atoms. The van der Waals surface area contributed by atoms with Crippen molar-refractivity contribution in [3.05, 3.63) is 10.6 Å². The SMILES string of the molecule is C[C@@H](O)[C@H]1C(=O)N2C(C(=O)O)=C(SCCO)[C@H](CCN)[C@H]12.